The molecule has 4 N–H and O–H groups in total. The predicted molar refractivity (Wildman–Crippen MR) is 173 cm³/mol. The van der Waals surface area contributed by atoms with Gasteiger partial charge in [0, 0.05) is 55.3 Å². The van der Waals surface area contributed by atoms with Crippen LogP contribution in [0.3, 0.4) is 0 Å². The maximum Gasteiger partial charge on any atom is 0.0485 e. The normalized spacial score (nSPS) is 12.8. The van der Waals surface area contributed by atoms with Gasteiger partial charge in [0.2, 0.25) is 0 Å². The third-order valence-electron chi connectivity index (χ3n) is 8.39. The maximum absolute atomic E-state index is 3.72. The van der Waals surface area contributed by atoms with Gasteiger partial charge in [-0.2, -0.15) is 0 Å². The van der Waals surface area contributed by atoms with Crippen molar-refractivity contribution in [3.8, 4) is 0 Å². The molecule has 7 rings (SSSR count). The minimum absolute atomic E-state index is 1.05. The molecule has 0 radical (unpaired) electrons. The lowest BCUT2D eigenvalue weighted by Gasteiger charge is -2.14. The molecular formula is C38H36N4. The molecule has 6 aromatic rings. The minimum Gasteiger partial charge on any atom is -0.355 e. The standard InChI is InChI=1S/C38H36N4/c1-21-15-23(3)35(24(4)16-21)37-31-11-7-27(39-31)19-29-9-13-33(41-29)38(36-25(5)17-22(2)18-26(36)6)34-14-10-30(42-34)20-28-8-12-32(37)40-28/h7-20,39-42H,1-6H3. The summed E-state index contributed by atoms with van der Waals surface area (Å²) in [5.41, 5.74) is 16.8. The van der Waals surface area contributed by atoms with Gasteiger partial charge < -0.3 is 19.9 Å². The second-order valence-electron chi connectivity index (χ2n) is 11.9. The van der Waals surface area contributed by atoms with Gasteiger partial charge in [-0.15, -0.1) is 0 Å². The summed E-state index contributed by atoms with van der Waals surface area (Å²) in [6.07, 6.45) is 4.37. The number of rotatable bonds is 2. The first-order chi connectivity index (χ1) is 20.2. The number of aromatic amines is 4. The molecule has 4 aromatic heterocycles. The van der Waals surface area contributed by atoms with Crippen LogP contribution < -0.4 is 21.4 Å². The van der Waals surface area contributed by atoms with Gasteiger partial charge >= 0.3 is 0 Å². The second kappa shape index (κ2) is 9.85. The summed E-state index contributed by atoms with van der Waals surface area (Å²) in [6, 6.07) is 26.5. The van der Waals surface area contributed by atoms with E-state index in [0.717, 1.165) is 44.2 Å². The monoisotopic (exact) mass is 548 g/mol. The molecule has 0 atom stereocenters. The summed E-state index contributed by atoms with van der Waals surface area (Å²) in [4.78, 5) is 14.9. The summed E-state index contributed by atoms with van der Waals surface area (Å²) in [5, 5.41) is 4.28. The highest BCUT2D eigenvalue weighted by atomic mass is 14.8. The number of aromatic nitrogens is 4. The largest absolute Gasteiger partial charge is 0.355 e. The molecule has 1 aliphatic heterocycles. The number of H-pyrrole nitrogens is 4. The van der Waals surface area contributed by atoms with Crippen LogP contribution in [0, 0.1) is 41.5 Å². The van der Waals surface area contributed by atoms with E-state index in [1.165, 1.54) is 55.7 Å². The minimum atomic E-state index is 1.05. The van der Waals surface area contributed by atoms with E-state index in [1.807, 2.05) is 0 Å². The third kappa shape index (κ3) is 4.50. The molecule has 0 aliphatic carbocycles. The molecule has 0 saturated carbocycles. The van der Waals surface area contributed by atoms with Crippen molar-refractivity contribution in [2.24, 2.45) is 0 Å². The average molecular weight is 549 g/mol. The van der Waals surface area contributed by atoms with Crippen molar-refractivity contribution in [2.75, 3.05) is 0 Å². The highest BCUT2D eigenvalue weighted by molar-refractivity contribution is 5.83. The van der Waals surface area contributed by atoms with Crippen LogP contribution in [0.5, 0.6) is 0 Å². The first-order valence-electron chi connectivity index (χ1n) is 14.6. The molecule has 0 spiro atoms. The van der Waals surface area contributed by atoms with Crippen molar-refractivity contribution in [2.45, 2.75) is 41.5 Å². The Kier molecular flexibility index (Phi) is 6.09. The lowest BCUT2D eigenvalue weighted by molar-refractivity contribution is 1.19. The Morgan fingerprint density at radius 1 is 0.405 bits per heavy atom. The molecule has 0 unspecified atom stereocenters. The van der Waals surface area contributed by atoms with Gasteiger partial charge in [-0.1, -0.05) is 35.4 Å². The predicted octanol–water partition coefficient (Wildman–Crippen LogP) is 5.32. The molecule has 42 heavy (non-hydrogen) atoms. The molecule has 1 aliphatic rings. The number of benzene rings is 2. The number of aryl methyl sites for hydroxylation is 6. The van der Waals surface area contributed by atoms with Gasteiger partial charge in [0.05, 0.1) is 0 Å². The van der Waals surface area contributed by atoms with E-state index >= 15 is 0 Å². The quantitative estimate of drug-likeness (QED) is 0.226. The Bertz CT molecular complexity index is 2050. The number of nitrogens with one attached hydrogen (secondary N) is 4. The van der Waals surface area contributed by atoms with Crippen LogP contribution in [0.15, 0.2) is 72.8 Å². The highest BCUT2D eigenvalue weighted by Crippen LogP contribution is 2.29. The molecule has 0 fully saturated rings. The molecule has 4 heteroatoms. The SMILES string of the molecule is Cc1cc(C)c(C2=c3ccc([nH]3)=Cc3ccc([nH]3)C(c3c(C)cc(C)cc3C)=c3ccc([nH]3)=Cc3ccc2[nH]3)c(C)c1. The number of fused-ring (bicyclic) bond motifs is 8. The Labute approximate surface area is 245 Å². The van der Waals surface area contributed by atoms with Gasteiger partial charge in [-0.3, -0.25) is 0 Å². The number of hydrogen-bond acceptors (Lipinski definition) is 0. The van der Waals surface area contributed by atoms with E-state index in [9.17, 15) is 0 Å². The van der Waals surface area contributed by atoms with E-state index in [-0.39, 0.29) is 0 Å². The van der Waals surface area contributed by atoms with Crippen molar-refractivity contribution < 1.29 is 0 Å². The fourth-order valence-corrected chi connectivity index (χ4v) is 6.88. The Balaban J connectivity index is 1.54. The first-order valence-corrected chi connectivity index (χ1v) is 14.6. The molecular weight excluding hydrogens is 512 g/mol. The average Bonchev–Trinajstić information content (AvgIpc) is 3.73. The Hall–Kier alpha value is -4.96. The zero-order chi connectivity index (χ0) is 29.1. The van der Waals surface area contributed by atoms with Crippen LogP contribution in [0.1, 0.15) is 67.3 Å². The van der Waals surface area contributed by atoms with Crippen molar-refractivity contribution in [3.05, 3.63) is 161 Å². The van der Waals surface area contributed by atoms with Crippen LogP contribution in [0.25, 0.3) is 23.3 Å². The first kappa shape index (κ1) is 26.0. The molecule has 2 aromatic carbocycles. The van der Waals surface area contributed by atoms with Crippen molar-refractivity contribution in [1.29, 1.82) is 0 Å². The van der Waals surface area contributed by atoms with Crippen molar-refractivity contribution in [1.82, 2.24) is 19.9 Å². The van der Waals surface area contributed by atoms with Gasteiger partial charge in [-0.05, 0) is 136 Å². The molecule has 0 amide bonds. The summed E-state index contributed by atoms with van der Waals surface area (Å²) >= 11 is 0. The highest BCUT2D eigenvalue weighted by Gasteiger charge is 2.17. The van der Waals surface area contributed by atoms with E-state index in [4.69, 9.17) is 0 Å². The topological polar surface area (TPSA) is 63.2 Å². The van der Waals surface area contributed by atoms with Crippen molar-refractivity contribution in [3.63, 3.8) is 0 Å². The van der Waals surface area contributed by atoms with Gasteiger partial charge in [-0.25, -0.2) is 0 Å². The van der Waals surface area contributed by atoms with Gasteiger partial charge in [0.15, 0.2) is 0 Å². The molecule has 8 bridgehead atoms. The summed E-state index contributed by atoms with van der Waals surface area (Å²) in [7, 11) is 0. The molecule has 5 heterocycles. The lowest BCUT2D eigenvalue weighted by atomic mass is 9.92. The Morgan fingerprint density at radius 3 is 1.17 bits per heavy atom. The Morgan fingerprint density at radius 2 is 0.786 bits per heavy atom. The smallest absolute Gasteiger partial charge is 0.0485 e. The van der Waals surface area contributed by atoms with E-state index < -0.39 is 0 Å². The van der Waals surface area contributed by atoms with E-state index in [1.54, 1.807) is 0 Å². The summed E-state index contributed by atoms with van der Waals surface area (Å²) in [6.45, 7) is 13.2. The van der Waals surface area contributed by atoms with Crippen LogP contribution in [-0.4, -0.2) is 19.9 Å². The molecule has 208 valence electrons. The fourth-order valence-electron chi connectivity index (χ4n) is 6.88. The zero-order valence-electron chi connectivity index (χ0n) is 25.1. The molecule has 4 nitrogen and oxygen atoms in total. The van der Waals surface area contributed by atoms with Crippen LogP contribution in [0.4, 0.5) is 0 Å². The third-order valence-corrected chi connectivity index (χ3v) is 8.39. The lowest BCUT2D eigenvalue weighted by Crippen LogP contribution is -2.17. The van der Waals surface area contributed by atoms with Crippen LogP contribution in [0.2, 0.25) is 0 Å². The maximum atomic E-state index is 3.72. The zero-order valence-corrected chi connectivity index (χ0v) is 25.1. The van der Waals surface area contributed by atoms with Gasteiger partial charge in [0.25, 0.3) is 0 Å². The van der Waals surface area contributed by atoms with Crippen molar-refractivity contribution >= 4 is 23.3 Å². The fraction of sp³-hybridized carbons (Fsp3) is 0.158. The number of hydrogen-bond donors (Lipinski definition) is 4. The van der Waals surface area contributed by atoms with Crippen LogP contribution >= 0.6 is 0 Å². The second-order valence-corrected chi connectivity index (χ2v) is 11.9. The summed E-state index contributed by atoms with van der Waals surface area (Å²) in [5.74, 6) is 0. The van der Waals surface area contributed by atoms with Crippen LogP contribution in [-0.2, 0) is 0 Å². The van der Waals surface area contributed by atoms with Gasteiger partial charge in [0.1, 0.15) is 0 Å². The summed E-state index contributed by atoms with van der Waals surface area (Å²) < 4.78 is 0. The van der Waals surface area contributed by atoms with E-state index in [2.05, 4.69) is 146 Å². The molecule has 0 saturated heterocycles. The van der Waals surface area contributed by atoms with E-state index in [0.29, 0.717) is 0 Å².